The zero-order chi connectivity index (χ0) is 22.1. The number of likely N-dealkylation sites (N-methyl/N-ethyl adjacent to an activating group) is 1. The normalized spacial score (nSPS) is 15.9. The van der Waals surface area contributed by atoms with Gasteiger partial charge in [-0.1, -0.05) is 18.2 Å². The smallest absolute Gasteiger partial charge is 0.243 e. The van der Waals surface area contributed by atoms with Gasteiger partial charge in [-0.15, -0.1) is 24.0 Å². The van der Waals surface area contributed by atoms with Crippen LogP contribution < -0.4 is 10.6 Å². The van der Waals surface area contributed by atoms with E-state index in [2.05, 4.69) is 25.6 Å². The molecule has 1 aliphatic heterocycles. The van der Waals surface area contributed by atoms with Crippen molar-refractivity contribution in [2.75, 3.05) is 46.3 Å². The number of halogens is 1. The highest BCUT2D eigenvalue weighted by Gasteiger charge is 2.29. The van der Waals surface area contributed by atoms with Crippen molar-refractivity contribution in [1.82, 2.24) is 29.6 Å². The van der Waals surface area contributed by atoms with Crippen LogP contribution in [0.1, 0.15) is 18.9 Å². The summed E-state index contributed by atoms with van der Waals surface area (Å²) in [6.07, 6.45) is 4.62. The maximum Gasteiger partial charge on any atom is 0.243 e. The number of hydrogen-bond acceptors (Lipinski definition) is 5. The molecule has 1 aromatic carbocycles. The lowest BCUT2D eigenvalue weighted by Crippen LogP contribution is -2.47. The van der Waals surface area contributed by atoms with Crippen LogP contribution in [0.15, 0.2) is 52.6 Å². The highest BCUT2D eigenvalue weighted by molar-refractivity contribution is 14.0. The van der Waals surface area contributed by atoms with Crippen molar-refractivity contribution in [2.24, 2.45) is 4.99 Å². The predicted octanol–water partition coefficient (Wildman–Crippen LogP) is 1.58. The van der Waals surface area contributed by atoms with E-state index in [1.165, 1.54) is 0 Å². The molecule has 0 aliphatic carbocycles. The van der Waals surface area contributed by atoms with Gasteiger partial charge in [-0.3, -0.25) is 4.68 Å². The van der Waals surface area contributed by atoms with E-state index in [0.29, 0.717) is 29.5 Å². The van der Waals surface area contributed by atoms with Gasteiger partial charge >= 0.3 is 0 Å². The highest BCUT2D eigenvalue weighted by Crippen LogP contribution is 2.22. The maximum atomic E-state index is 13.2. The molecule has 1 fully saturated rings. The summed E-state index contributed by atoms with van der Waals surface area (Å²) >= 11 is 0. The minimum absolute atomic E-state index is 0. The van der Waals surface area contributed by atoms with Crippen molar-refractivity contribution >= 4 is 40.0 Å². The van der Waals surface area contributed by atoms with Crippen LogP contribution in [0.4, 0.5) is 0 Å². The molecular weight excluding hydrogens is 541 g/mol. The molecule has 0 spiro atoms. The summed E-state index contributed by atoms with van der Waals surface area (Å²) in [5.41, 5.74) is 0.704. The second-order valence-corrected chi connectivity index (χ2v) is 9.47. The van der Waals surface area contributed by atoms with Crippen LogP contribution in [0.5, 0.6) is 0 Å². The van der Waals surface area contributed by atoms with E-state index in [4.69, 9.17) is 0 Å². The van der Waals surface area contributed by atoms with Crippen molar-refractivity contribution in [1.29, 1.82) is 0 Å². The summed E-state index contributed by atoms with van der Waals surface area (Å²) in [5, 5.41) is 10.7. The average Bonchev–Trinajstić information content (AvgIpc) is 3.29. The van der Waals surface area contributed by atoms with Gasteiger partial charge < -0.3 is 15.5 Å². The molecule has 0 atom stereocenters. The Hall–Kier alpha value is -1.70. The third kappa shape index (κ3) is 7.42. The fourth-order valence-electron chi connectivity index (χ4n) is 3.44. The Morgan fingerprint density at radius 3 is 2.56 bits per heavy atom. The summed E-state index contributed by atoms with van der Waals surface area (Å²) in [6, 6.07) is 9.07. The predicted molar refractivity (Wildman–Crippen MR) is 138 cm³/mol. The minimum atomic E-state index is -3.54. The van der Waals surface area contributed by atoms with Crippen LogP contribution in [0.25, 0.3) is 0 Å². The summed E-state index contributed by atoms with van der Waals surface area (Å²) < 4.78 is 29.9. The van der Waals surface area contributed by atoms with Gasteiger partial charge in [-0.2, -0.15) is 9.40 Å². The van der Waals surface area contributed by atoms with Crippen molar-refractivity contribution in [3.05, 3.63) is 48.3 Å². The zero-order valence-corrected chi connectivity index (χ0v) is 21.9. The number of aliphatic imine (C=N–C) groups is 1. The summed E-state index contributed by atoms with van der Waals surface area (Å²) in [6.45, 7) is 7.10. The molecule has 2 aromatic rings. The van der Waals surface area contributed by atoms with Crippen LogP contribution >= 0.6 is 24.0 Å². The number of nitrogens with zero attached hydrogens (tertiary/aromatic N) is 5. The zero-order valence-electron chi connectivity index (χ0n) is 18.8. The average molecular weight is 576 g/mol. The first-order valence-corrected chi connectivity index (χ1v) is 12.2. The topological polar surface area (TPSA) is 94.9 Å². The first kappa shape index (κ1) is 26.6. The number of guanidine groups is 1. The van der Waals surface area contributed by atoms with E-state index < -0.39 is 10.0 Å². The molecule has 1 saturated heterocycles. The van der Waals surface area contributed by atoms with Crippen LogP contribution in [-0.2, 0) is 23.1 Å². The molecule has 2 heterocycles. The second-order valence-electron chi connectivity index (χ2n) is 7.56. The van der Waals surface area contributed by atoms with Gasteiger partial charge in [0, 0.05) is 58.2 Å². The molecule has 32 heavy (non-hydrogen) atoms. The lowest BCUT2D eigenvalue weighted by molar-refractivity contribution is 0.222. The number of aryl methyl sites for hydroxylation is 1. The van der Waals surface area contributed by atoms with E-state index in [0.717, 1.165) is 39.1 Å². The van der Waals surface area contributed by atoms with Crippen molar-refractivity contribution in [3.8, 4) is 0 Å². The summed E-state index contributed by atoms with van der Waals surface area (Å²) in [5.74, 6) is 0.676. The number of rotatable bonds is 9. The van der Waals surface area contributed by atoms with Crippen molar-refractivity contribution in [3.63, 3.8) is 0 Å². The van der Waals surface area contributed by atoms with Gasteiger partial charge in [0.25, 0.3) is 0 Å². The first-order valence-electron chi connectivity index (χ1n) is 10.8. The molecule has 0 saturated carbocycles. The Labute approximate surface area is 208 Å². The van der Waals surface area contributed by atoms with E-state index >= 15 is 0 Å². The van der Waals surface area contributed by atoms with Gasteiger partial charge in [0.1, 0.15) is 0 Å². The highest BCUT2D eigenvalue weighted by atomic mass is 127. The second kappa shape index (κ2) is 13.1. The van der Waals surface area contributed by atoms with E-state index in [1.54, 1.807) is 22.6 Å². The molecule has 178 valence electrons. The lowest BCUT2D eigenvalue weighted by atomic mass is 10.2. The largest absolute Gasteiger partial charge is 0.357 e. The fourth-order valence-corrected chi connectivity index (χ4v) is 5.08. The monoisotopic (exact) mass is 575 g/mol. The quantitative estimate of drug-likeness (QED) is 0.204. The van der Waals surface area contributed by atoms with E-state index in [1.807, 2.05) is 43.0 Å². The Bertz CT molecular complexity index is 943. The van der Waals surface area contributed by atoms with E-state index in [9.17, 15) is 8.42 Å². The molecule has 11 heteroatoms. The number of hydrogen-bond donors (Lipinski definition) is 2. The standard InChI is InChI=1S/C21H33N7O2S.HI/c1-3-22-21(23-10-6-12-27-13-7-11-25-27)24-18-19-8-4-5-9-20(19)31(29,30)28-16-14-26(2)15-17-28;/h4-5,7-9,11,13H,3,6,10,12,14-18H2,1-2H3,(H2,22,23,24);1H. The third-order valence-corrected chi connectivity index (χ3v) is 7.22. The SMILES string of the molecule is CCNC(=NCc1ccccc1S(=O)(=O)N1CCN(C)CC1)NCCCn1cccn1.I. The Balaban J connectivity index is 0.00000363. The van der Waals surface area contributed by atoms with Gasteiger partial charge in [-0.25, -0.2) is 13.4 Å². The first-order chi connectivity index (χ1) is 15.0. The molecule has 3 rings (SSSR count). The molecule has 0 amide bonds. The minimum Gasteiger partial charge on any atom is -0.357 e. The molecule has 0 unspecified atom stereocenters. The van der Waals surface area contributed by atoms with Gasteiger partial charge in [0.2, 0.25) is 10.0 Å². The Morgan fingerprint density at radius 1 is 1.12 bits per heavy atom. The molecule has 0 radical (unpaired) electrons. The molecule has 1 aliphatic rings. The molecular formula is C21H34IN7O2S. The Morgan fingerprint density at radius 2 is 1.88 bits per heavy atom. The lowest BCUT2D eigenvalue weighted by Gasteiger charge is -2.32. The van der Waals surface area contributed by atoms with Crippen LogP contribution in [0.2, 0.25) is 0 Å². The summed E-state index contributed by atoms with van der Waals surface area (Å²) in [7, 11) is -1.52. The van der Waals surface area contributed by atoms with Crippen molar-refractivity contribution in [2.45, 2.75) is 31.3 Å². The molecule has 0 bridgehead atoms. The van der Waals surface area contributed by atoms with Crippen LogP contribution in [0.3, 0.4) is 0 Å². The Kier molecular flexibility index (Phi) is 10.9. The maximum absolute atomic E-state index is 13.2. The number of benzene rings is 1. The van der Waals surface area contributed by atoms with Gasteiger partial charge in [-0.05, 0) is 38.1 Å². The van der Waals surface area contributed by atoms with E-state index in [-0.39, 0.29) is 30.5 Å². The van der Waals surface area contributed by atoms with Gasteiger partial charge in [0.15, 0.2) is 5.96 Å². The summed E-state index contributed by atoms with van der Waals surface area (Å²) in [4.78, 5) is 7.12. The molecule has 1 aromatic heterocycles. The third-order valence-electron chi connectivity index (χ3n) is 5.22. The number of piperazine rings is 1. The van der Waals surface area contributed by atoms with Crippen LogP contribution in [0, 0.1) is 0 Å². The molecule has 9 nitrogen and oxygen atoms in total. The van der Waals surface area contributed by atoms with Gasteiger partial charge in [0.05, 0.1) is 11.4 Å². The number of sulfonamides is 1. The fraction of sp³-hybridized carbons (Fsp3) is 0.524. The number of aromatic nitrogens is 2. The number of nitrogens with one attached hydrogen (secondary N) is 2. The van der Waals surface area contributed by atoms with Crippen LogP contribution in [-0.4, -0.2) is 79.7 Å². The molecule has 2 N–H and O–H groups in total. The van der Waals surface area contributed by atoms with Crippen molar-refractivity contribution < 1.29 is 8.42 Å².